The van der Waals surface area contributed by atoms with Gasteiger partial charge in [0.2, 0.25) is 0 Å². The molecular formula is C14H17ClFN. The maximum Gasteiger partial charge on any atom is 0.125 e. The van der Waals surface area contributed by atoms with Gasteiger partial charge in [-0.3, -0.25) is 0 Å². The molecule has 2 fully saturated rings. The van der Waals surface area contributed by atoms with E-state index in [2.05, 4.69) is 4.90 Å². The Bertz CT molecular complexity index is 413. The van der Waals surface area contributed by atoms with Crippen LogP contribution in [0.25, 0.3) is 0 Å². The quantitative estimate of drug-likeness (QED) is 0.719. The molecule has 0 atom stereocenters. The summed E-state index contributed by atoms with van der Waals surface area (Å²) in [5.74, 6) is 1.05. The van der Waals surface area contributed by atoms with Gasteiger partial charge in [0.15, 0.2) is 0 Å². The van der Waals surface area contributed by atoms with Gasteiger partial charge in [0.05, 0.1) is 0 Å². The highest BCUT2D eigenvalue weighted by Gasteiger charge is 2.34. The molecule has 17 heavy (non-hydrogen) atoms. The van der Waals surface area contributed by atoms with Crippen molar-refractivity contribution in [3.05, 3.63) is 29.6 Å². The van der Waals surface area contributed by atoms with Gasteiger partial charge in [-0.2, -0.15) is 0 Å². The van der Waals surface area contributed by atoms with E-state index >= 15 is 0 Å². The van der Waals surface area contributed by atoms with Gasteiger partial charge in [0.1, 0.15) is 5.82 Å². The molecule has 0 unspecified atom stereocenters. The molecule has 1 nitrogen and oxygen atoms in total. The zero-order valence-corrected chi connectivity index (χ0v) is 10.6. The first-order chi connectivity index (χ1) is 8.26. The maximum atomic E-state index is 13.5. The minimum atomic E-state index is -0.167. The molecule has 2 aliphatic rings. The van der Waals surface area contributed by atoms with E-state index in [0.29, 0.717) is 11.9 Å². The van der Waals surface area contributed by atoms with Crippen LogP contribution >= 0.6 is 11.6 Å². The number of halogens is 2. The summed E-state index contributed by atoms with van der Waals surface area (Å²) in [5, 5.41) is 0. The second-order valence-corrected chi connectivity index (χ2v) is 5.55. The Labute approximate surface area is 107 Å². The third kappa shape index (κ3) is 2.74. The van der Waals surface area contributed by atoms with Gasteiger partial charge < -0.3 is 4.90 Å². The Morgan fingerprint density at radius 1 is 1.18 bits per heavy atom. The Morgan fingerprint density at radius 3 is 2.53 bits per heavy atom. The van der Waals surface area contributed by atoms with Crippen molar-refractivity contribution in [3.8, 4) is 0 Å². The fourth-order valence-corrected chi connectivity index (χ4v) is 2.46. The number of nitrogens with zero attached hydrogens (tertiary/aromatic N) is 1. The topological polar surface area (TPSA) is 3.24 Å². The second-order valence-electron chi connectivity index (χ2n) is 5.28. The summed E-state index contributed by atoms with van der Waals surface area (Å²) < 4.78 is 13.5. The summed E-state index contributed by atoms with van der Waals surface area (Å²) in [6.07, 6.45) is 5.17. The largest absolute Gasteiger partial charge is 0.368 e. The zero-order chi connectivity index (χ0) is 11.8. The van der Waals surface area contributed by atoms with Gasteiger partial charge in [-0.1, -0.05) is 0 Å². The van der Waals surface area contributed by atoms with Crippen LogP contribution in [0.4, 0.5) is 10.1 Å². The molecule has 0 saturated heterocycles. The molecule has 0 radical (unpaired) electrons. The summed E-state index contributed by atoms with van der Waals surface area (Å²) in [4.78, 5) is 2.39. The predicted molar refractivity (Wildman–Crippen MR) is 69.0 cm³/mol. The highest BCUT2D eigenvalue weighted by Crippen LogP contribution is 2.38. The minimum absolute atomic E-state index is 0.167. The summed E-state index contributed by atoms with van der Waals surface area (Å²) in [6, 6.07) is 5.85. The summed E-state index contributed by atoms with van der Waals surface area (Å²) in [7, 11) is 0. The molecule has 3 heteroatoms. The maximum absolute atomic E-state index is 13.5. The second kappa shape index (κ2) is 4.49. The van der Waals surface area contributed by atoms with Crippen molar-refractivity contribution in [2.75, 3.05) is 11.4 Å². The van der Waals surface area contributed by atoms with E-state index in [9.17, 15) is 4.39 Å². The molecule has 2 aliphatic carbocycles. The number of alkyl halides is 1. The number of rotatable bonds is 5. The molecule has 3 rings (SSSR count). The smallest absolute Gasteiger partial charge is 0.125 e. The van der Waals surface area contributed by atoms with E-state index in [1.807, 2.05) is 6.07 Å². The SMILES string of the molecule is Fc1cc(CCl)cc(N(CC2CC2)C2CC2)c1. The van der Waals surface area contributed by atoms with Crippen LogP contribution in [0.1, 0.15) is 31.2 Å². The molecule has 0 aromatic heterocycles. The minimum Gasteiger partial charge on any atom is -0.368 e. The Kier molecular flexibility index (Phi) is 2.99. The molecule has 92 valence electrons. The number of benzene rings is 1. The van der Waals surface area contributed by atoms with Crippen molar-refractivity contribution < 1.29 is 4.39 Å². The molecular weight excluding hydrogens is 237 g/mol. The van der Waals surface area contributed by atoms with Crippen molar-refractivity contribution >= 4 is 17.3 Å². The summed E-state index contributed by atoms with van der Waals surface area (Å²) in [5.41, 5.74) is 1.90. The van der Waals surface area contributed by atoms with Crippen molar-refractivity contribution in [1.82, 2.24) is 0 Å². The fourth-order valence-electron chi connectivity index (χ4n) is 2.31. The normalized spacial score (nSPS) is 19.4. The van der Waals surface area contributed by atoms with Gasteiger partial charge in [-0.25, -0.2) is 4.39 Å². The van der Waals surface area contributed by atoms with Crippen molar-refractivity contribution in [2.24, 2.45) is 5.92 Å². The Hall–Kier alpha value is -0.760. The number of hydrogen-bond acceptors (Lipinski definition) is 1. The van der Waals surface area contributed by atoms with E-state index < -0.39 is 0 Å². The van der Waals surface area contributed by atoms with E-state index in [-0.39, 0.29) is 5.82 Å². The molecule has 0 N–H and O–H groups in total. The fraction of sp³-hybridized carbons (Fsp3) is 0.571. The van der Waals surface area contributed by atoms with E-state index in [0.717, 1.165) is 23.7 Å². The van der Waals surface area contributed by atoms with E-state index in [1.54, 1.807) is 6.07 Å². The summed E-state index contributed by atoms with van der Waals surface area (Å²) >= 11 is 5.80. The van der Waals surface area contributed by atoms with Crippen LogP contribution in [-0.4, -0.2) is 12.6 Å². The van der Waals surface area contributed by atoms with Crippen LogP contribution in [0.15, 0.2) is 18.2 Å². The molecule has 1 aromatic rings. The molecule has 0 aliphatic heterocycles. The lowest BCUT2D eigenvalue weighted by Crippen LogP contribution is -2.28. The Balaban J connectivity index is 1.85. The van der Waals surface area contributed by atoms with Gasteiger partial charge in [0, 0.05) is 24.2 Å². The van der Waals surface area contributed by atoms with Crippen molar-refractivity contribution in [2.45, 2.75) is 37.6 Å². The molecule has 0 heterocycles. The van der Waals surface area contributed by atoms with Crippen LogP contribution in [0.3, 0.4) is 0 Å². The van der Waals surface area contributed by atoms with Gasteiger partial charge >= 0.3 is 0 Å². The molecule has 0 amide bonds. The highest BCUT2D eigenvalue weighted by atomic mass is 35.5. The van der Waals surface area contributed by atoms with Crippen molar-refractivity contribution in [3.63, 3.8) is 0 Å². The number of anilines is 1. The first-order valence-corrected chi connectivity index (χ1v) is 6.92. The number of hydrogen-bond donors (Lipinski definition) is 0. The Morgan fingerprint density at radius 2 is 1.94 bits per heavy atom. The van der Waals surface area contributed by atoms with E-state index in [1.165, 1.54) is 31.7 Å². The first-order valence-electron chi connectivity index (χ1n) is 6.38. The first kappa shape index (κ1) is 11.3. The average molecular weight is 254 g/mol. The third-order valence-electron chi connectivity index (χ3n) is 3.57. The van der Waals surface area contributed by atoms with Crippen LogP contribution in [0.2, 0.25) is 0 Å². The monoisotopic (exact) mass is 253 g/mol. The van der Waals surface area contributed by atoms with Crippen molar-refractivity contribution in [1.29, 1.82) is 0 Å². The highest BCUT2D eigenvalue weighted by molar-refractivity contribution is 6.17. The van der Waals surface area contributed by atoms with Gasteiger partial charge in [-0.15, -0.1) is 11.6 Å². The lowest BCUT2D eigenvalue weighted by Gasteiger charge is -2.25. The zero-order valence-electron chi connectivity index (χ0n) is 9.83. The van der Waals surface area contributed by atoms with Crippen LogP contribution in [-0.2, 0) is 5.88 Å². The van der Waals surface area contributed by atoms with Gasteiger partial charge in [0.25, 0.3) is 0 Å². The summed E-state index contributed by atoms with van der Waals surface area (Å²) in [6.45, 7) is 1.09. The average Bonchev–Trinajstić information content (AvgIpc) is 3.16. The van der Waals surface area contributed by atoms with Gasteiger partial charge in [-0.05, 0) is 55.4 Å². The predicted octanol–water partition coefficient (Wildman–Crippen LogP) is 3.94. The van der Waals surface area contributed by atoms with Crippen LogP contribution < -0.4 is 4.90 Å². The third-order valence-corrected chi connectivity index (χ3v) is 3.88. The van der Waals surface area contributed by atoms with Crippen LogP contribution in [0.5, 0.6) is 0 Å². The molecule has 1 aromatic carbocycles. The standard InChI is InChI=1S/C14H17ClFN/c15-8-11-5-12(16)7-14(6-11)17(13-3-4-13)9-10-1-2-10/h5-7,10,13H,1-4,8-9H2. The molecule has 2 saturated carbocycles. The lowest BCUT2D eigenvalue weighted by molar-refractivity contribution is 0.623. The lowest BCUT2D eigenvalue weighted by atomic mass is 10.2. The molecule has 0 spiro atoms. The van der Waals surface area contributed by atoms with E-state index in [4.69, 9.17) is 11.6 Å². The van der Waals surface area contributed by atoms with Crippen LogP contribution in [0, 0.1) is 11.7 Å². The molecule has 0 bridgehead atoms.